The van der Waals surface area contributed by atoms with E-state index >= 15 is 0 Å². The predicted molar refractivity (Wildman–Crippen MR) is 93.6 cm³/mol. The molecule has 0 aliphatic heterocycles. The lowest BCUT2D eigenvalue weighted by molar-refractivity contribution is -0.132. The maximum absolute atomic E-state index is 12.1. The standard InChI is InChI=1S/C18H21N3O5/c1-18(2,20)15(17(25)21-26)14-9-11(7-8-13(14)16(19)24)5-3-4-6-12(23)10-22/h7-9,12,15,22-23,26H,10,20H2,1-2H3,(H2,19,24)(H,21,25)/t12-,15-/m1/s1. The number of carbonyl (C=O) groups is 2. The number of carbonyl (C=O) groups excluding carboxylic acids is 2. The van der Waals surface area contributed by atoms with Crippen LogP contribution in [-0.2, 0) is 4.79 Å². The Morgan fingerprint density at radius 1 is 1.31 bits per heavy atom. The first kappa shape index (κ1) is 21.2. The molecule has 0 fully saturated rings. The summed E-state index contributed by atoms with van der Waals surface area (Å²) < 4.78 is 0. The Balaban J connectivity index is 3.44. The molecule has 0 heterocycles. The molecule has 0 saturated heterocycles. The van der Waals surface area contributed by atoms with E-state index in [9.17, 15) is 9.59 Å². The van der Waals surface area contributed by atoms with Gasteiger partial charge in [-0.25, -0.2) is 5.48 Å². The van der Waals surface area contributed by atoms with Crippen molar-refractivity contribution in [2.45, 2.75) is 31.4 Å². The summed E-state index contributed by atoms with van der Waals surface area (Å²) in [5, 5.41) is 26.8. The number of hydrogen-bond donors (Lipinski definition) is 6. The SMILES string of the molecule is CC(C)(N)[C@@H](C(=O)NO)c1cc(C#CC#C[C@@H](O)CO)ccc1C(N)=O. The third-order valence-corrected chi connectivity index (χ3v) is 3.43. The molecule has 1 aromatic carbocycles. The van der Waals surface area contributed by atoms with E-state index in [-0.39, 0.29) is 11.1 Å². The molecule has 1 rings (SSSR count). The third kappa shape index (κ3) is 5.59. The van der Waals surface area contributed by atoms with E-state index in [4.69, 9.17) is 26.9 Å². The van der Waals surface area contributed by atoms with Crippen LogP contribution in [0.4, 0.5) is 0 Å². The lowest BCUT2D eigenvalue weighted by atomic mass is 9.79. The Morgan fingerprint density at radius 3 is 2.46 bits per heavy atom. The number of hydroxylamine groups is 1. The maximum atomic E-state index is 12.1. The number of amides is 2. The normalized spacial score (nSPS) is 12.7. The van der Waals surface area contributed by atoms with Gasteiger partial charge in [0.2, 0.25) is 5.91 Å². The molecule has 2 amide bonds. The van der Waals surface area contributed by atoms with Gasteiger partial charge in [0.1, 0.15) is 6.10 Å². The Labute approximate surface area is 151 Å². The monoisotopic (exact) mass is 359 g/mol. The quantitative estimate of drug-likeness (QED) is 0.220. The summed E-state index contributed by atoms with van der Waals surface area (Å²) >= 11 is 0. The van der Waals surface area contributed by atoms with Gasteiger partial charge in [0.15, 0.2) is 0 Å². The minimum absolute atomic E-state index is 0.0736. The number of primary amides is 1. The first-order valence-corrected chi connectivity index (χ1v) is 7.58. The van der Waals surface area contributed by atoms with Crippen LogP contribution in [0, 0.1) is 23.7 Å². The average molecular weight is 359 g/mol. The maximum Gasteiger partial charge on any atom is 0.252 e. The lowest BCUT2D eigenvalue weighted by Crippen LogP contribution is -2.47. The van der Waals surface area contributed by atoms with Crippen molar-refractivity contribution in [3.05, 3.63) is 34.9 Å². The molecule has 0 saturated carbocycles. The van der Waals surface area contributed by atoms with Gasteiger partial charge in [-0.2, -0.15) is 0 Å². The Hall–Kier alpha value is -2.88. The molecule has 8 N–H and O–H groups in total. The largest absolute Gasteiger partial charge is 0.393 e. The van der Waals surface area contributed by atoms with Crippen molar-refractivity contribution in [3.8, 4) is 23.7 Å². The van der Waals surface area contributed by atoms with Gasteiger partial charge in [-0.1, -0.05) is 11.8 Å². The van der Waals surface area contributed by atoms with Crippen molar-refractivity contribution in [3.63, 3.8) is 0 Å². The van der Waals surface area contributed by atoms with E-state index in [1.807, 2.05) is 0 Å². The Kier molecular flexibility index (Phi) is 7.32. The van der Waals surface area contributed by atoms with Gasteiger partial charge in [0, 0.05) is 16.7 Å². The van der Waals surface area contributed by atoms with Crippen LogP contribution < -0.4 is 16.9 Å². The van der Waals surface area contributed by atoms with Crippen LogP contribution in [-0.4, -0.2) is 45.5 Å². The van der Waals surface area contributed by atoms with Crippen LogP contribution in [0.3, 0.4) is 0 Å². The summed E-state index contributed by atoms with van der Waals surface area (Å²) in [4.78, 5) is 23.8. The topological polar surface area (TPSA) is 159 Å². The molecule has 2 atom stereocenters. The van der Waals surface area contributed by atoms with Gasteiger partial charge in [-0.15, -0.1) is 0 Å². The fourth-order valence-electron chi connectivity index (χ4n) is 2.32. The smallest absolute Gasteiger partial charge is 0.252 e. The Bertz CT molecular complexity index is 806. The van der Waals surface area contributed by atoms with Gasteiger partial charge in [0.05, 0.1) is 12.5 Å². The number of rotatable bonds is 5. The van der Waals surface area contributed by atoms with Crippen molar-refractivity contribution in [2.24, 2.45) is 11.5 Å². The van der Waals surface area contributed by atoms with Gasteiger partial charge < -0.3 is 21.7 Å². The highest BCUT2D eigenvalue weighted by atomic mass is 16.5. The second-order valence-electron chi connectivity index (χ2n) is 6.11. The zero-order valence-corrected chi connectivity index (χ0v) is 14.4. The first-order chi connectivity index (χ1) is 12.1. The number of benzene rings is 1. The molecule has 1 aromatic rings. The molecule has 0 spiro atoms. The molecule has 0 unspecified atom stereocenters. The summed E-state index contributed by atoms with van der Waals surface area (Å²) in [6, 6.07) is 4.38. The molecule has 0 radical (unpaired) electrons. The van der Waals surface area contributed by atoms with Crippen molar-refractivity contribution >= 4 is 11.8 Å². The zero-order chi connectivity index (χ0) is 19.9. The predicted octanol–water partition coefficient (Wildman–Crippen LogP) is -1.18. The van der Waals surface area contributed by atoms with Crippen LogP contribution in [0.2, 0.25) is 0 Å². The van der Waals surface area contributed by atoms with E-state index in [1.165, 1.54) is 18.2 Å². The summed E-state index contributed by atoms with van der Waals surface area (Å²) in [7, 11) is 0. The molecule has 138 valence electrons. The van der Waals surface area contributed by atoms with Crippen molar-refractivity contribution < 1.29 is 25.0 Å². The van der Waals surface area contributed by atoms with Crippen LogP contribution in [0.15, 0.2) is 18.2 Å². The van der Waals surface area contributed by atoms with Crippen molar-refractivity contribution in [1.82, 2.24) is 5.48 Å². The van der Waals surface area contributed by atoms with Gasteiger partial charge in [-0.3, -0.25) is 14.8 Å². The number of hydrogen-bond acceptors (Lipinski definition) is 6. The fourth-order valence-corrected chi connectivity index (χ4v) is 2.32. The summed E-state index contributed by atoms with van der Waals surface area (Å²) in [6.07, 6.45) is -1.19. The van der Waals surface area contributed by atoms with E-state index in [2.05, 4.69) is 23.7 Å². The summed E-state index contributed by atoms with van der Waals surface area (Å²) in [5.74, 6) is 7.24. The van der Waals surface area contributed by atoms with Crippen LogP contribution in [0.5, 0.6) is 0 Å². The zero-order valence-electron chi connectivity index (χ0n) is 14.4. The van der Waals surface area contributed by atoms with Crippen molar-refractivity contribution in [2.75, 3.05) is 6.61 Å². The highest BCUT2D eigenvalue weighted by molar-refractivity contribution is 5.97. The molecule has 0 aliphatic rings. The molecule has 0 bridgehead atoms. The molecule has 0 aromatic heterocycles. The number of aliphatic hydroxyl groups excluding tert-OH is 2. The summed E-state index contributed by atoms with van der Waals surface area (Å²) in [6.45, 7) is 2.63. The van der Waals surface area contributed by atoms with Crippen LogP contribution in [0.25, 0.3) is 0 Å². The molecule has 8 heteroatoms. The van der Waals surface area contributed by atoms with E-state index in [0.29, 0.717) is 5.56 Å². The average Bonchev–Trinajstić information content (AvgIpc) is 2.57. The highest BCUT2D eigenvalue weighted by Gasteiger charge is 2.35. The number of nitrogens with one attached hydrogen (secondary N) is 1. The summed E-state index contributed by atoms with van der Waals surface area (Å²) in [5.41, 5.74) is 12.5. The second-order valence-corrected chi connectivity index (χ2v) is 6.11. The second kappa shape index (κ2) is 8.99. The number of aliphatic hydroxyl groups is 2. The van der Waals surface area contributed by atoms with E-state index < -0.39 is 36.0 Å². The molecule has 26 heavy (non-hydrogen) atoms. The van der Waals surface area contributed by atoms with Gasteiger partial charge in [-0.05, 0) is 49.5 Å². The highest BCUT2D eigenvalue weighted by Crippen LogP contribution is 2.30. The van der Waals surface area contributed by atoms with E-state index in [1.54, 1.807) is 19.3 Å². The molecular weight excluding hydrogens is 338 g/mol. The van der Waals surface area contributed by atoms with Crippen molar-refractivity contribution in [1.29, 1.82) is 0 Å². The Morgan fingerprint density at radius 2 is 1.96 bits per heavy atom. The van der Waals surface area contributed by atoms with Gasteiger partial charge in [0.25, 0.3) is 5.91 Å². The van der Waals surface area contributed by atoms with Crippen LogP contribution >= 0.6 is 0 Å². The molecule has 8 nitrogen and oxygen atoms in total. The number of nitrogens with two attached hydrogens (primary N) is 2. The molecular formula is C18H21N3O5. The fraction of sp³-hybridized carbons (Fsp3) is 0.333. The van der Waals surface area contributed by atoms with E-state index in [0.717, 1.165) is 0 Å². The first-order valence-electron chi connectivity index (χ1n) is 7.58. The lowest BCUT2D eigenvalue weighted by Gasteiger charge is -2.30. The van der Waals surface area contributed by atoms with Crippen LogP contribution in [0.1, 0.15) is 41.3 Å². The third-order valence-electron chi connectivity index (χ3n) is 3.43. The van der Waals surface area contributed by atoms with Gasteiger partial charge >= 0.3 is 0 Å². The molecule has 0 aliphatic carbocycles. The minimum atomic E-state index is -1.19. The minimum Gasteiger partial charge on any atom is -0.393 e.